The maximum absolute atomic E-state index is 14.4. The zero-order chi connectivity index (χ0) is 26.7. The highest BCUT2D eigenvalue weighted by atomic mass is 35.5. The third kappa shape index (κ3) is 5.98. The summed E-state index contributed by atoms with van der Waals surface area (Å²) >= 11 is 5.40. The van der Waals surface area contributed by atoms with Crippen LogP contribution in [0.15, 0.2) is 43.0 Å². The summed E-state index contributed by atoms with van der Waals surface area (Å²) in [5, 5.41) is 2.18. The van der Waals surface area contributed by atoms with Crippen molar-refractivity contribution < 1.29 is 45.4 Å². The van der Waals surface area contributed by atoms with Gasteiger partial charge in [0.05, 0.1) is 6.04 Å². The number of amides is 2. The Morgan fingerprint density at radius 1 is 1.22 bits per heavy atom. The van der Waals surface area contributed by atoms with Crippen LogP contribution in [0.2, 0.25) is 0 Å². The molecule has 1 aliphatic rings. The quantitative estimate of drug-likeness (QED) is 0.425. The molecule has 196 valence electrons. The minimum Gasteiger partial charge on any atom is -0.406 e. The number of benzene rings is 1. The number of halogens is 7. The molecular formula is C21H19ClF6N4O4. The predicted octanol–water partition coefficient (Wildman–Crippen LogP) is 3.70. The Hall–Kier alpha value is -3.13. The molecular weight excluding hydrogens is 522 g/mol. The molecule has 0 unspecified atom stereocenters. The van der Waals surface area contributed by atoms with E-state index in [4.69, 9.17) is 16.3 Å². The molecule has 1 aliphatic heterocycles. The SMILES string of the molecule is C[C@](C(=O)N[C@H]1CCOCC1(F)F)(c1cncnc1)N(C(=O)[C@H](F)Cl)c1ccc(OC(F)(F)F)cc1. The summed E-state index contributed by atoms with van der Waals surface area (Å²) in [6.07, 6.45) is -2.00. The van der Waals surface area contributed by atoms with E-state index in [0.29, 0.717) is 4.90 Å². The molecule has 0 radical (unpaired) electrons. The van der Waals surface area contributed by atoms with Gasteiger partial charge in [0.25, 0.3) is 23.4 Å². The molecule has 0 saturated carbocycles. The Labute approximate surface area is 205 Å². The monoisotopic (exact) mass is 540 g/mol. The van der Waals surface area contributed by atoms with Crippen molar-refractivity contribution in [3.8, 4) is 5.75 Å². The van der Waals surface area contributed by atoms with Crippen molar-refractivity contribution in [3.05, 3.63) is 48.5 Å². The lowest BCUT2D eigenvalue weighted by Gasteiger charge is -2.42. The zero-order valence-electron chi connectivity index (χ0n) is 18.4. The Kier molecular flexibility index (Phi) is 7.98. The van der Waals surface area contributed by atoms with Crippen LogP contribution in [0, 0.1) is 0 Å². The maximum Gasteiger partial charge on any atom is 0.573 e. The number of nitrogens with zero attached hydrogens (tertiary/aromatic N) is 3. The van der Waals surface area contributed by atoms with Crippen LogP contribution in [0.1, 0.15) is 18.9 Å². The first kappa shape index (κ1) is 27.5. The van der Waals surface area contributed by atoms with Crippen LogP contribution in [-0.4, -0.2) is 59.0 Å². The lowest BCUT2D eigenvalue weighted by molar-refractivity contribution is -0.274. The molecule has 0 aliphatic carbocycles. The Morgan fingerprint density at radius 3 is 2.36 bits per heavy atom. The lowest BCUT2D eigenvalue weighted by Crippen LogP contribution is -2.63. The maximum atomic E-state index is 14.4. The molecule has 0 spiro atoms. The summed E-state index contributed by atoms with van der Waals surface area (Å²) in [6, 6.07) is 1.82. The number of hydrogen-bond donors (Lipinski definition) is 1. The molecule has 15 heteroatoms. The summed E-state index contributed by atoms with van der Waals surface area (Å²) in [7, 11) is 0. The van der Waals surface area contributed by atoms with Gasteiger partial charge in [-0.15, -0.1) is 13.2 Å². The molecule has 36 heavy (non-hydrogen) atoms. The summed E-state index contributed by atoms with van der Waals surface area (Å²) in [5.41, 5.74) is -5.41. The van der Waals surface area contributed by atoms with Gasteiger partial charge < -0.3 is 14.8 Å². The minimum absolute atomic E-state index is 0.0801. The molecule has 2 heterocycles. The molecule has 1 aromatic carbocycles. The number of ether oxygens (including phenoxy) is 2. The van der Waals surface area contributed by atoms with Crippen molar-refractivity contribution >= 4 is 29.1 Å². The van der Waals surface area contributed by atoms with Gasteiger partial charge in [0.2, 0.25) is 0 Å². The smallest absolute Gasteiger partial charge is 0.406 e. The Morgan fingerprint density at radius 2 is 1.83 bits per heavy atom. The zero-order valence-corrected chi connectivity index (χ0v) is 19.2. The summed E-state index contributed by atoms with van der Waals surface area (Å²) in [5.74, 6) is -6.80. The average Bonchev–Trinajstić information content (AvgIpc) is 2.80. The van der Waals surface area contributed by atoms with Crippen LogP contribution >= 0.6 is 11.6 Å². The highest BCUT2D eigenvalue weighted by Gasteiger charge is 2.51. The van der Waals surface area contributed by atoms with E-state index in [1.54, 1.807) is 0 Å². The number of carbonyl (C=O) groups is 2. The van der Waals surface area contributed by atoms with E-state index in [-0.39, 0.29) is 24.3 Å². The van der Waals surface area contributed by atoms with E-state index in [1.165, 1.54) is 0 Å². The second-order valence-corrected chi connectivity index (χ2v) is 8.23. The molecule has 3 rings (SSSR count). The molecule has 3 atom stereocenters. The van der Waals surface area contributed by atoms with Gasteiger partial charge in [-0.3, -0.25) is 14.5 Å². The number of hydrogen-bond acceptors (Lipinski definition) is 6. The summed E-state index contributed by atoms with van der Waals surface area (Å²) in [4.78, 5) is 34.5. The number of nitrogens with one attached hydrogen (secondary N) is 1. The van der Waals surface area contributed by atoms with E-state index in [1.807, 2.05) is 0 Å². The van der Waals surface area contributed by atoms with Gasteiger partial charge in [0.15, 0.2) is 5.54 Å². The molecule has 2 aromatic rings. The van der Waals surface area contributed by atoms with Crippen LogP contribution in [0.25, 0.3) is 0 Å². The lowest BCUT2D eigenvalue weighted by atomic mass is 9.89. The Bertz CT molecular complexity index is 1070. The van der Waals surface area contributed by atoms with E-state index >= 15 is 0 Å². The summed E-state index contributed by atoms with van der Waals surface area (Å²) in [6.45, 7) is 0.0691. The largest absolute Gasteiger partial charge is 0.573 e. The van der Waals surface area contributed by atoms with Crippen LogP contribution in [0.4, 0.5) is 32.0 Å². The number of rotatable bonds is 7. The van der Waals surface area contributed by atoms with Crippen molar-refractivity contribution in [2.24, 2.45) is 0 Å². The van der Waals surface area contributed by atoms with Crippen LogP contribution < -0.4 is 15.0 Å². The third-order valence-electron chi connectivity index (χ3n) is 5.41. The van der Waals surface area contributed by atoms with Crippen molar-refractivity contribution in [1.82, 2.24) is 15.3 Å². The summed E-state index contributed by atoms with van der Waals surface area (Å²) < 4.78 is 89.1. The predicted molar refractivity (Wildman–Crippen MR) is 113 cm³/mol. The van der Waals surface area contributed by atoms with Gasteiger partial charge in [0.1, 0.15) is 18.7 Å². The molecule has 1 N–H and O–H groups in total. The Balaban J connectivity index is 2.10. The van der Waals surface area contributed by atoms with E-state index in [0.717, 1.165) is 49.9 Å². The van der Waals surface area contributed by atoms with E-state index in [2.05, 4.69) is 20.0 Å². The molecule has 2 amide bonds. The van der Waals surface area contributed by atoms with Gasteiger partial charge in [0, 0.05) is 30.3 Å². The first-order chi connectivity index (χ1) is 16.8. The first-order valence-corrected chi connectivity index (χ1v) is 10.7. The van der Waals surface area contributed by atoms with Crippen LogP contribution in [0.5, 0.6) is 5.75 Å². The number of carbonyl (C=O) groups excluding carboxylic acids is 2. The van der Waals surface area contributed by atoms with Crippen molar-refractivity contribution in [2.75, 3.05) is 18.1 Å². The second-order valence-electron chi connectivity index (χ2n) is 7.84. The fraction of sp³-hybridized carbons (Fsp3) is 0.429. The van der Waals surface area contributed by atoms with Crippen molar-refractivity contribution in [2.45, 2.75) is 42.8 Å². The molecule has 1 aromatic heterocycles. The molecule has 8 nitrogen and oxygen atoms in total. The average molecular weight is 541 g/mol. The highest BCUT2D eigenvalue weighted by molar-refractivity contribution is 6.32. The number of aromatic nitrogens is 2. The van der Waals surface area contributed by atoms with E-state index in [9.17, 15) is 35.9 Å². The highest BCUT2D eigenvalue weighted by Crippen LogP contribution is 2.37. The molecule has 1 saturated heterocycles. The number of alkyl halides is 7. The topological polar surface area (TPSA) is 93.6 Å². The third-order valence-corrected chi connectivity index (χ3v) is 5.59. The van der Waals surface area contributed by atoms with Gasteiger partial charge >= 0.3 is 6.36 Å². The van der Waals surface area contributed by atoms with Gasteiger partial charge in [-0.2, -0.15) is 0 Å². The van der Waals surface area contributed by atoms with Gasteiger partial charge in [-0.05, 0) is 37.6 Å². The van der Waals surface area contributed by atoms with Crippen molar-refractivity contribution in [1.29, 1.82) is 0 Å². The second kappa shape index (κ2) is 10.5. The normalized spacial score (nSPS) is 20.1. The fourth-order valence-corrected chi connectivity index (χ4v) is 3.71. The molecule has 1 fully saturated rings. The van der Waals surface area contributed by atoms with Gasteiger partial charge in [-0.1, -0.05) is 11.6 Å². The van der Waals surface area contributed by atoms with Gasteiger partial charge in [-0.25, -0.2) is 23.1 Å². The standard InChI is InChI=1S/C21H19ClF6N4O4/c1-19(12-8-29-11-30-9-12,18(34)31-15-6-7-35-10-20(15,24)25)32(17(33)16(22)23)13-2-4-14(5-3-13)36-21(26,27)28/h2-5,8-9,11,15-16H,6-7,10H2,1H3,(H,31,34)/t15-,16-,19+/m0/s1. The minimum atomic E-state index is -5.01. The molecule has 0 bridgehead atoms. The van der Waals surface area contributed by atoms with Crippen molar-refractivity contribution in [3.63, 3.8) is 0 Å². The number of anilines is 1. The van der Waals surface area contributed by atoms with Crippen LogP contribution in [0.3, 0.4) is 0 Å². The first-order valence-electron chi connectivity index (χ1n) is 10.3. The van der Waals surface area contributed by atoms with Crippen LogP contribution in [-0.2, 0) is 19.9 Å². The van der Waals surface area contributed by atoms with E-state index < -0.39 is 53.7 Å². The fourth-order valence-electron chi connectivity index (χ4n) is 3.61.